The first kappa shape index (κ1) is 25.7. The zero-order valence-corrected chi connectivity index (χ0v) is 20.1. The number of halogens is 5. The van der Waals surface area contributed by atoms with Crippen LogP contribution in [0.5, 0.6) is 0 Å². The lowest BCUT2D eigenvalue weighted by Gasteiger charge is -2.26. The summed E-state index contributed by atoms with van der Waals surface area (Å²) in [6.07, 6.45) is -0.733. The van der Waals surface area contributed by atoms with Crippen molar-refractivity contribution in [1.29, 1.82) is 0 Å². The molecule has 1 atom stereocenters. The average Bonchev–Trinajstić information content (AvgIpc) is 3.30. The summed E-state index contributed by atoms with van der Waals surface area (Å²) < 4.78 is 51.6. The Morgan fingerprint density at radius 2 is 2.13 bits per heavy atom. The Balaban J connectivity index is 0.00000341. The first-order chi connectivity index (χ1) is 14.3. The number of alkyl halides is 3. The minimum atomic E-state index is -4.17. The van der Waals surface area contributed by atoms with Crippen molar-refractivity contribution in [3.05, 3.63) is 35.8 Å². The van der Waals surface area contributed by atoms with Gasteiger partial charge in [0.25, 0.3) is 0 Å². The zero-order valence-electron chi connectivity index (χ0n) is 17.8. The van der Waals surface area contributed by atoms with E-state index in [4.69, 9.17) is 0 Å². The lowest BCUT2D eigenvalue weighted by Crippen LogP contribution is -2.42. The smallest absolute Gasteiger partial charge is 0.361 e. The van der Waals surface area contributed by atoms with Gasteiger partial charge >= 0.3 is 6.18 Å². The lowest BCUT2D eigenvalue weighted by atomic mass is 10.1. The van der Waals surface area contributed by atoms with E-state index in [-0.39, 0.29) is 35.7 Å². The molecule has 1 saturated heterocycles. The molecule has 3 rings (SSSR count). The monoisotopic (exact) mass is 555 g/mol. The number of aromatic nitrogens is 1. The van der Waals surface area contributed by atoms with Crippen LogP contribution in [-0.4, -0.2) is 73.2 Å². The number of fused-ring (bicyclic) bond motifs is 1. The third kappa shape index (κ3) is 7.23. The molecule has 174 valence electrons. The van der Waals surface area contributed by atoms with Crippen molar-refractivity contribution >= 4 is 40.8 Å². The van der Waals surface area contributed by atoms with Gasteiger partial charge in [0.1, 0.15) is 5.82 Å². The van der Waals surface area contributed by atoms with E-state index in [1.165, 1.54) is 17.0 Å². The Bertz CT molecular complexity index is 867. The van der Waals surface area contributed by atoms with Gasteiger partial charge in [-0.1, -0.05) is 6.92 Å². The molecule has 1 aromatic carbocycles. The fraction of sp³-hybridized carbons (Fsp3) is 0.571. The zero-order chi connectivity index (χ0) is 21.7. The fourth-order valence-electron chi connectivity index (χ4n) is 4.10. The number of nitrogens with one attached hydrogen (secondary N) is 2. The van der Waals surface area contributed by atoms with Gasteiger partial charge in [-0.3, -0.25) is 9.89 Å². The second kappa shape index (κ2) is 11.3. The van der Waals surface area contributed by atoms with E-state index in [0.717, 1.165) is 35.4 Å². The van der Waals surface area contributed by atoms with Crippen LogP contribution in [0.2, 0.25) is 0 Å². The molecule has 1 unspecified atom stereocenters. The van der Waals surface area contributed by atoms with Crippen molar-refractivity contribution in [3.63, 3.8) is 0 Å². The van der Waals surface area contributed by atoms with Gasteiger partial charge in [0, 0.05) is 50.3 Å². The quantitative estimate of drug-likeness (QED) is 0.233. The summed E-state index contributed by atoms with van der Waals surface area (Å²) in [6.45, 7) is 3.80. The summed E-state index contributed by atoms with van der Waals surface area (Å²) in [5.74, 6) is 0.673. The van der Waals surface area contributed by atoms with Crippen LogP contribution in [-0.2, 0) is 6.42 Å². The highest BCUT2D eigenvalue weighted by Crippen LogP contribution is 2.22. The third-order valence-corrected chi connectivity index (χ3v) is 5.57. The van der Waals surface area contributed by atoms with Crippen LogP contribution < -0.4 is 5.32 Å². The molecule has 31 heavy (non-hydrogen) atoms. The highest BCUT2D eigenvalue weighted by atomic mass is 127. The number of guanidine groups is 1. The van der Waals surface area contributed by atoms with Crippen LogP contribution in [0.3, 0.4) is 0 Å². The Morgan fingerprint density at radius 1 is 1.35 bits per heavy atom. The molecule has 10 heteroatoms. The van der Waals surface area contributed by atoms with E-state index < -0.39 is 12.7 Å². The van der Waals surface area contributed by atoms with Crippen LogP contribution in [0.1, 0.15) is 18.9 Å². The van der Waals surface area contributed by atoms with Crippen LogP contribution in [0.15, 0.2) is 29.4 Å². The Morgan fingerprint density at radius 3 is 2.81 bits per heavy atom. The summed E-state index contributed by atoms with van der Waals surface area (Å²) in [4.78, 5) is 11.0. The summed E-state index contributed by atoms with van der Waals surface area (Å²) in [5, 5.41) is 4.20. The van der Waals surface area contributed by atoms with Gasteiger partial charge in [-0.2, -0.15) is 13.2 Å². The first-order valence-electron chi connectivity index (χ1n) is 10.3. The number of rotatable bonds is 7. The van der Waals surface area contributed by atoms with E-state index >= 15 is 0 Å². The van der Waals surface area contributed by atoms with Crippen molar-refractivity contribution in [2.24, 2.45) is 10.9 Å². The van der Waals surface area contributed by atoms with Gasteiger partial charge in [0.2, 0.25) is 0 Å². The van der Waals surface area contributed by atoms with Gasteiger partial charge < -0.3 is 15.2 Å². The molecule has 5 nitrogen and oxygen atoms in total. The van der Waals surface area contributed by atoms with Gasteiger partial charge in [-0.05, 0) is 49.1 Å². The highest BCUT2D eigenvalue weighted by molar-refractivity contribution is 14.0. The van der Waals surface area contributed by atoms with Gasteiger partial charge in [0.15, 0.2) is 5.96 Å². The van der Waals surface area contributed by atoms with Gasteiger partial charge in [0.05, 0.1) is 6.54 Å². The Labute approximate surface area is 197 Å². The summed E-state index contributed by atoms with van der Waals surface area (Å²) >= 11 is 0. The number of likely N-dealkylation sites (tertiary alicyclic amines) is 1. The third-order valence-electron chi connectivity index (χ3n) is 5.57. The topological polar surface area (TPSA) is 46.7 Å². The first-order valence-corrected chi connectivity index (χ1v) is 10.3. The minimum Gasteiger partial charge on any atom is -0.361 e. The molecule has 2 N–H and O–H groups in total. The van der Waals surface area contributed by atoms with Crippen LogP contribution in [0.25, 0.3) is 10.9 Å². The Kier molecular flexibility index (Phi) is 9.41. The van der Waals surface area contributed by atoms with Crippen LogP contribution in [0.4, 0.5) is 17.6 Å². The molecule has 2 heterocycles. The van der Waals surface area contributed by atoms with E-state index in [2.05, 4.69) is 20.2 Å². The normalized spacial score (nSPS) is 17.5. The summed E-state index contributed by atoms with van der Waals surface area (Å²) in [6, 6.07) is 4.69. The van der Waals surface area contributed by atoms with E-state index in [0.29, 0.717) is 32.6 Å². The maximum atomic E-state index is 13.5. The fourth-order valence-corrected chi connectivity index (χ4v) is 4.10. The number of benzene rings is 1. The van der Waals surface area contributed by atoms with E-state index in [1.807, 2.05) is 6.20 Å². The SMILES string of the molecule is CCN(CC1CCN(C(=NC)NCCc2c[nH]c3ccc(F)cc23)C1)CC(F)(F)F.I. The number of H-pyrrole nitrogens is 1. The maximum Gasteiger partial charge on any atom is 0.401 e. The molecule has 2 aromatic rings. The molecule has 0 amide bonds. The number of nitrogens with zero attached hydrogens (tertiary/aromatic N) is 3. The molecule has 0 spiro atoms. The molecule has 0 radical (unpaired) electrons. The summed E-state index contributed by atoms with van der Waals surface area (Å²) in [5.41, 5.74) is 1.93. The highest BCUT2D eigenvalue weighted by Gasteiger charge is 2.33. The largest absolute Gasteiger partial charge is 0.401 e. The van der Waals surface area contributed by atoms with Crippen molar-refractivity contribution in [2.45, 2.75) is 25.9 Å². The number of hydrogen-bond donors (Lipinski definition) is 2. The molecule has 0 aliphatic carbocycles. The van der Waals surface area contributed by atoms with E-state index in [9.17, 15) is 17.6 Å². The summed E-state index contributed by atoms with van der Waals surface area (Å²) in [7, 11) is 1.71. The second-order valence-electron chi connectivity index (χ2n) is 7.77. The molecule has 1 fully saturated rings. The number of aliphatic imine (C=N–C) groups is 1. The maximum absolute atomic E-state index is 13.5. The van der Waals surface area contributed by atoms with Crippen molar-refractivity contribution < 1.29 is 17.6 Å². The second-order valence-corrected chi connectivity index (χ2v) is 7.77. The molecular formula is C21H30F4IN5. The Hall–Kier alpha value is -1.56. The van der Waals surface area contributed by atoms with E-state index in [1.54, 1.807) is 20.0 Å². The predicted octanol–water partition coefficient (Wildman–Crippen LogP) is 4.25. The molecule has 1 aliphatic rings. The van der Waals surface area contributed by atoms with Crippen LogP contribution in [0, 0.1) is 11.7 Å². The van der Waals surface area contributed by atoms with Crippen molar-refractivity contribution in [1.82, 2.24) is 20.1 Å². The molecule has 0 bridgehead atoms. The molecule has 0 saturated carbocycles. The van der Waals surface area contributed by atoms with Gasteiger partial charge in [-0.25, -0.2) is 4.39 Å². The molecule has 1 aliphatic heterocycles. The van der Waals surface area contributed by atoms with Crippen molar-refractivity contribution in [2.75, 3.05) is 46.3 Å². The predicted molar refractivity (Wildman–Crippen MR) is 127 cm³/mol. The lowest BCUT2D eigenvalue weighted by molar-refractivity contribution is -0.146. The number of aromatic amines is 1. The van der Waals surface area contributed by atoms with Crippen molar-refractivity contribution in [3.8, 4) is 0 Å². The molecular weight excluding hydrogens is 525 g/mol. The average molecular weight is 555 g/mol. The van der Waals surface area contributed by atoms with Crippen LogP contribution >= 0.6 is 24.0 Å². The molecule has 1 aromatic heterocycles. The minimum absolute atomic E-state index is 0. The van der Waals surface area contributed by atoms with Gasteiger partial charge in [-0.15, -0.1) is 24.0 Å². The standard InChI is InChI=1S/C21H29F4N5.HI/c1-3-29(14-21(23,24)25)12-15-7-9-30(13-15)20(26-2)27-8-6-16-11-28-19-5-4-17(22)10-18(16)19;/h4-5,10-11,15,28H,3,6-9,12-14H2,1-2H3,(H,26,27);1H. The number of hydrogen-bond acceptors (Lipinski definition) is 2.